The molecule has 2 heterocycles. The standard InChI is InChI=1S/C28H27N3O5/c1-35-24-12-11-22(16-25(24)36-2)31-17-20(15-26(31)32)27(33)29-21-9-7-19(8-10-21)28(34)30-14-13-18-5-3-4-6-23(18)30/h3-12,16,20H,13-15,17H2,1-2H3,(H,29,33). The Labute approximate surface area is 209 Å². The van der Waals surface area contributed by atoms with Crippen molar-refractivity contribution in [2.24, 2.45) is 5.92 Å². The number of carbonyl (C=O) groups excluding carboxylic acids is 3. The van der Waals surface area contributed by atoms with Crippen LogP contribution in [0.3, 0.4) is 0 Å². The van der Waals surface area contributed by atoms with Gasteiger partial charge < -0.3 is 24.6 Å². The van der Waals surface area contributed by atoms with E-state index in [0.29, 0.717) is 35.0 Å². The lowest BCUT2D eigenvalue weighted by Gasteiger charge is -2.19. The van der Waals surface area contributed by atoms with Crippen molar-refractivity contribution in [3.05, 3.63) is 77.9 Å². The summed E-state index contributed by atoms with van der Waals surface area (Å²) in [5.41, 5.74) is 3.91. The van der Waals surface area contributed by atoms with Gasteiger partial charge in [-0.1, -0.05) is 18.2 Å². The van der Waals surface area contributed by atoms with E-state index in [1.807, 2.05) is 24.3 Å². The number of amides is 3. The number of hydrogen-bond acceptors (Lipinski definition) is 5. The summed E-state index contributed by atoms with van der Waals surface area (Å²) in [5, 5.41) is 2.88. The SMILES string of the molecule is COc1ccc(N2CC(C(=O)Nc3ccc(C(=O)N4CCc5ccccc54)cc3)CC2=O)cc1OC. The van der Waals surface area contributed by atoms with Gasteiger partial charge in [-0.2, -0.15) is 0 Å². The van der Waals surface area contributed by atoms with Crippen molar-refractivity contribution >= 4 is 34.8 Å². The van der Waals surface area contributed by atoms with Crippen LogP contribution in [0.15, 0.2) is 66.7 Å². The maximum Gasteiger partial charge on any atom is 0.258 e. The van der Waals surface area contributed by atoms with Gasteiger partial charge in [-0.05, 0) is 54.4 Å². The quantitative estimate of drug-likeness (QED) is 0.572. The minimum absolute atomic E-state index is 0.0650. The van der Waals surface area contributed by atoms with E-state index in [9.17, 15) is 14.4 Å². The molecule has 8 nitrogen and oxygen atoms in total. The molecule has 1 N–H and O–H groups in total. The van der Waals surface area contributed by atoms with Crippen molar-refractivity contribution in [1.29, 1.82) is 0 Å². The number of fused-ring (bicyclic) bond motifs is 1. The van der Waals surface area contributed by atoms with Gasteiger partial charge in [-0.15, -0.1) is 0 Å². The number of rotatable bonds is 6. The molecule has 3 aromatic rings. The van der Waals surface area contributed by atoms with E-state index in [-0.39, 0.29) is 30.7 Å². The topological polar surface area (TPSA) is 88.2 Å². The Morgan fingerprint density at radius 2 is 1.69 bits per heavy atom. The van der Waals surface area contributed by atoms with Gasteiger partial charge in [0.1, 0.15) is 0 Å². The van der Waals surface area contributed by atoms with Gasteiger partial charge in [0.2, 0.25) is 11.8 Å². The monoisotopic (exact) mass is 485 g/mol. The molecule has 0 bridgehead atoms. The van der Waals surface area contributed by atoms with Gasteiger partial charge in [0.25, 0.3) is 5.91 Å². The van der Waals surface area contributed by atoms with Gasteiger partial charge in [-0.25, -0.2) is 0 Å². The summed E-state index contributed by atoms with van der Waals surface area (Å²) < 4.78 is 10.6. The lowest BCUT2D eigenvalue weighted by Crippen LogP contribution is -2.29. The highest BCUT2D eigenvalue weighted by Crippen LogP contribution is 2.34. The van der Waals surface area contributed by atoms with Crippen molar-refractivity contribution in [2.45, 2.75) is 12.8 Å². The molecule has 1 atom stereocenters. The number of hydrogen-bond donors (Lipinski definition) is 1. The third kappa shape index (κ3) is 4.37. The van der Waals surface area contributed by atoms with Crippen molar-refractivity contribution in [1.82, 2.24) is 0 Å². The van der Waals surface area contributed by atoms with Crippen LogP contribution in [0.25, 0.3) is 0 Å². The smallest absolute Gasteiger partial charge is 0.258 e. The summed E-state index contributed by atoms with van der Waals surface area (Å²) in [6.07, 6.45) is 0.960. The summed E-state index contributed by atoms with van der Waals surface area (Å²) in [6, 6.07) is 20.0. The molecule has 0 radical (unpaired) electrons. The third-order valence-corrected chi connectivity index (χ3v) is 6.71. The van der Waals surface area contributed by atoms with Gasteiger partial charge in [0, 0.05) is 48.2 Å². The summed E-state index contributed by atoms with van der Waals surface area (Å²) in [6.45, 7) is 0.925. The Bertz CT molecular complexity index is 1320. The second kappa shape index (κ2) is 9.73. The Kier molecular flexibility index (Phi) is 6.33. The second-order valence-electron chi connectivity index (χ2n) is 8.85. The van der Waals surface area contributed by atoms with Gasteiger partial charge in [0.15, 0.2) is 11.5 Å². The summed E-state index contributed by atoms with van der Waals surface area (Å²) in [7, 11) is 3.08. The van der Waals surface area contributed by atoms with Crippen molar-refractivity contribution in [3.63, 3.8) is 0 Å². The number of carbonyl (C=O) groups is 3. The highest BCUT2D eigenvalue weighted by molar-refractivity contribution is 6.08. The van der Waals surface area contributed by atoms with Gasteiger partial charge in [-0.3, -0.25) is 14.4 Å². The first kappa shape index (κ1) is 23.4. The number of nitrogens with zero attached hydrogens (tertiary/aromatic N) is 2. The van der Waals surface area contributed by atoms with Gasteiger partial charge >= 0.3 is 0 Å². The van der Waals surface area contributed by atoms with Gasteiger partial charge in [0.05, 0.1) is 20.1 Å². The Morgan fingerprint density at radius 1 is 0.944 bits per heavy atom. The largest absolute Gasteiger partial charge is 0.493 e. The molecule has 5 rings (SSSR count). The molecule has 1 saturated heterocycles. The minimum Gasteiger partial charge on any atom is -0.493 e. The number of anilines is 3. The number of ether oxygens (including phenoxy) is 2. The molecular weight excluding hydrogens is 458 g/mol. The maximum absolute atomic E-state index is 13.0. The van der Waals surface area contributed by atoms with Crippen LogP contribution in [0.4, 0.5) is 17.1 Å². The van der Waals surface area contributed by atoms with E-state index < -0.39 is 5.92 Å². The predicted octanol–water partition coefficient (Wildman–Crippen LogP) is 3.90. The van der Waals surface area contributed by atoms with E-state index in [2.05, 4.69) is 5.32 Å². The molecule has 36 heavy (non-hydrogen) atoms. The second-order valence-corrected chi connectivity index (χ2v) is 8.85. The number of nitrogens with one attached hydrogen (secondary N) is 1. The zero-order valence-corrected chi connectivity index (χ0v) is 20.2. The van der Waals surface area contributed by atoms with Crippen molar-refractivity contribution in [3.8, 4) is 11.5 Å². The van der Waals surface area contributed by atoms with Crippen molar-refractivity contribution < 1.29 is 23.9 Å². The van der Waals surface area contributed by atoms with Crippen LogP contribution in [-0.2, 0) is 16.0 Å². The Balaban J connectivity index is 1.23. The van der Waals surface area contributed by atoms with E-state index >= 15 is 0 Å². The normalized spacial score (nSPS) is 16.6. The maximum atomic E-state index is 13.0. The van der Waals surface area contributed by atoms with Crippen LogP contribution >= 0.6 is 0 Å². The Morgan fingerprint density at radius 3 is 2.44 bits per heavy atom. The molecule has 184 valence electrons. The first-order valence-electron chi connectivity index (χ1n) is 11.8. The lowest BCUT2D eigenvalue weighted by atomic mass is 10.1. The molecular formula is C28H27N3O5. The average Bonchev–Trinajstić information content (AvgIpc) is 3.52. The molecule has 1 fully saturated rings. The third-order valence-electron chi connectivity index (χ3n) is 6.71. The molecule has 0 aromatic heterocycles. The molecule has 2 aliphatic rings. The molecule has 1 unspecified atom stereocenters. The fourth-order valence-corrected chi connectivity index (χ4v) is 4.77. The van der Waals surface area contributed by atoms with E-state index in [1.165, 1.54) is 12.7 Å². The molecule has 3 aromatic carbocycles. The fourth-order valence-electron chi connectivity index (χ4n) is 4.77. The summed E-state index contributed by atoms with van der Waals surface area (Å²) in [4.78, 5) is 42.0. The van der Waals surface area contributed by atoms with Crippen LogP contribution in [0, 0.1) is 5.92 Å². The summed E-state index contributed by atoms with van der Waals surface area (Å²) in [5.74, 6) is 0.159. The zero-order chi connectivity index (χ0) is 25.2. The number of methoxy groups -OCH3 is 2. The minimum atomic E-state index is -0.493. The van der Waals surface area contributed by atoms with Crippen LogP contribution in [0.5, 0.6) is 11.5 Å². The molecule has 0 aliphatic carbocycles. The van der Waals surface area contributed by atoms with Crippen LogP contribution in [0.1, 0.15) is 22.3 Å². The van der Waals surface area contributed by atoms with Crippen LogP contribution < -0.4 is 24.6 Å². The molecule has 0 spiro atoms. The first-order chi connectivity index (χ1) is 17.5. The Hall–Kier alpha value is -4.33. The van der Waals surface area contributed by atoms with E-state index in [1.54, 1.807) is 59.4 Å². The van der Waals surface area contributed by atoms with Crippen LogP contribution in [0.2, 0.25) is 0 Å². The highest BCUT2D eigenvalue weighted by Gasteiger charge is 2.35. The number of benzene rings is 3. The highest BCUT2D eigenvalue weighted by atomic mass is 16.5. The summed E-state index contributed by atoms with van der Waals surface area (Å²) >= 11 is 0. The van der Waals surface area contributed by atoms with E-state index in [4.69, 9.17) is 9.47 Å². The van der Waals surface area contributed by atoms with E-state index in [0.717, 1.165) is 12.1 Å². The average molecular weight is 486 g/mol. The van der Waals surface area contributed by atoms with Crippen molar-refractivity contribution in [2.75, 3.05) is 42.4 Å². The molecule has 8 heteroatoms. The first-order valence-corrected chi connectivity index (χ1v) is 11.8. The fraction of sp³-hybridized carbons (Fsp3) is 0.250. The predicted molar refractivity (Wildman–Crippen MR) is 137 cm³/mol. The number of para-hydroxylation sites is 1. The molecule has 0 saturated carbocycles. The lowest BCUT2D eigenvalue weighted by molar-refractivity contribution is -0.122. The molecule has 2 aliphatic heterocycles. The van der Waals surface area contributed by atoms with Crippen LogP contribution in [-0.4, -0.2) is 45.0 Å². The zero-order valence-electron chi connectivity index (χ0n) is 20.2. The molecule has 3 amide bonds.